The molecule has 1 aromatic carbocycles. The minimum atomic E-state index is -1.06. The number of rotatable bonds is 7. The number of fused-ring (bicyclic) bond motifs is 1. The summed E-state index contributed by atoms with van der Waals surface area (Å²) in [7, 11) is 0. The summed E-state index contributed by atoms with van der Waals surface area (Å²) in [6.45, 7) is 9.08. The van der Waals surface area contributed by atoms with E-state index in [2.05, 4.69) is 10.3 Å². The summed E-state index contributed by atoms with van der Waals surface area (Å²) in [6.07, 6.45) is 3.49. The average Bonchev–Trinajstić information content (AvgIpc) is 3.12. The van der Waals surface area contributed by atoms with Crippen LogP contribution in [0, 0.1) is 18.6 Å². The van der Waals surface area contributed by atoms with Crippen molar-refractivity contribution >= 4 is 28.3 Å². The Morgan fingerprint density at radius 1 is 1.27 bits per heavy atom. The van der Waals surface area contributed by atoms with Crippen molar-refractivity contribution in [2.75, 3.05) is 18.5 Å². The number of nitrogens with two attached hydrogens (primary N) is 1. The van der Waals surface area contributed by atoms with Gasteiger partial charge in [0.15, 0.2) is 5.79 Å². The number of ether oxygens (including phenoxy) is 1. The van der Waals surface area contributed by atoms with Crippen molar-refractivity contribution in [3.63, 3.8) is 0 Å². The van der Waals surface area contributed by atoms with Crippen molar-refractivity contribution < 1.29 is 32.9 Å². The normalized spacial score (nSPS) is 10.7. The maximum absolute atomic E-state index is 14.0. The highest BCUT2D eigenvalue weighted by Crippen LogP contribution is 2.33. The van der Waals surface area contributed by atoms with Crippen LogP contribution in [-0.2, 0) is 4.74 Å². The third-order valence-corrected chi connectivity index (χ3v) is 3.98. The molecule has 2 heterocycles. The van der Waals surface area contributed by atoms with Crippen LogP contribution in [0.3, 0.4) is 0 Å². The van der Waals surface area contributed by atoms with Crippen LogP contribution in [0.15, 0.2) is 35.0 Å². The van der Waals surface area contributed by atoms with Crippen LogP contribution in [0.25, 0.3) is 11.0 Å². The molecule has 8 nitrogen and oxygen atoms in total. The van der Waals surface area contributed by atoms with E-state index in [1.807, 2.05) is 13.8 Å². The van der Waals surface area contributed by atoms with Gasteiger partial charge in [0.1, 0.15) is 22.9 Å². The number of furan rings is 1. The number of carbonyl (C=O) groups excluding carboxylic acids is 1. The maximum Gasteiger partial charge on any atom is 0.286 e. The Kier molecular flexibility index (Phi) is 10.9. The van der Waals surface area contributed by atoms with Crippen LogP contribution in [-0.4, -0.2) is 40.1 Å². The second-order valence-electron chi connectivity index (χ2n) is 7.12. The van der Waals surface area contributed by atoms with Gasteiger partial charge >= 0.3 is 0 Å². The third kappa shape index (κ3) is 8.41. The smallest absolute Gasteiger partial charge is 0.286 e. The van der Waals surface area contributed by atoms with Crippen molar-refractivity contribution in [1.82, 2.24) is 4.98 Å². The molecule has 33 heavy (non-hydrogen) atoms. The molecule has 0 saturated carbocycles. The Morgan fingerprint density at radius 3 is 2.52 bits per heavy atom. The zero-order valence-corrected chi connectivity index (χ0v) is 19.4. The Balaban J connectivity index is 0.000000420. The van der Waals surface area contributed by atoms with Crippen LogP contribution in [0.2, 0.25) is 0 Å². The molecule has 0 bridgehead atoms. The lowest BCUT2D eigenvalue weighted by atomic mass is 10.2. The number of nitrogens with one attached hydrogen (secondary N) is 1. The molecule has 0 atom stereocenters. The van der Waals surface area contributed by atoms with Crippen LogP contribution >= 0.6 is 0 Å². The Morgan fingerprint density at radius 2 is 1.94 bits per heavy atom. The summed E-state index contributed by atoms with van der Waals surface area (Å²) in [6, 6.07) is 3.60. The molecule has 0 unspecified atom stereocenters. The first-order valence-corrected chi connectivity index (χ1v) is 10.4. The number of primary amides is 1. The molecule has 3 rings (SSSR count). The number of aliphatic hydroxyl groups excluding tert-OH is 1. The van der Waals surface area contributed by atoms with Gasteiger partial charge in [-0.3, -0.25) is 9.78 Å². The fraction of sp³-hybridized carbons (Fsp3) is 0.391. The average molecular weight is 468 g/mol. The minimum absolute atomic E-state index is 0.107. The second kappa shape index (κ2) is 12.8. The van der Waals surface area contributed by atoms with Crippen LogP contribution in [0.5, 0.6) is 0 Å². The summed E-state index contributed by atoms with van der Waals surface area (Å²) in [5, 5.41) is 20.3. The van der Waals surface area contributed by atoms with Crippen molar-refractivity contribution in [3.8, 4) is 0 Å². The molecule has 3 aromatic rings. The molecule has 0 aliphatic carbocycles. The molecule has 0 spiro atoms. The van der Waals surface area contributed by atoms with Gasteiger partial charge in [-0.2, -0.15) is 0 Å². The lowest BCUT2D eigenvalue weighted by Gasteiger charge is -2.17. The van der Waals surface area contributed by atoms with Gasteiger partial charge in [0.25, 0.3) is 5.91 Å². The Bertz CT molecular complexity index is 1050. The van der Waals surface area contributed by atoms with Crippen LogP contribution in [0.4, 0.5) is 20.2 Å². The van der Waals surface area contributed by atoms with Gasteiger partial charge in [0.2, 0.25) is 5.76 Å². The number of aromatic nitrogens is 1. The second-order valence-corrected chi connectivity index (χ2v) is 7.12. The van der Waals surface area contributed by atoms with E-state index in [4.69, 9.17) is 25.1 Å². The van der Waals surface area contributed by atoms with Gasteiger partial charge in [-0.05, 0) is 44.9 Å². The molecule has 1 amide bonds. The monoisotopic (exact) mass is 467 g/mol. The molecule has 182 valence electrons. The first-order chi connectivity index (χ1) is 15.5. The summed E-state index contributed by atoms with van der Waals surface area (Å²) in [5.41, 5.74) is 5.82. The van der Waals surface area contributed by atoms with Crippen LogP contribution < -0.4 is 11.1 Å². The van der Waals surface area contributed by atoms with Gasteiger partial charge in [0.05, 0.1) is 17.7 Å². The summed E-state index contributed by atoms with van der Waals surface area (Å²) in [5.74, 6) is -3.30. The highest BCUT2D eigenvalue weighted by atomic mass is 19.1. The van der Waals surface area contributed by atoms with Crippen molar-refractivity contribution in [3.05, 3.63) is 53.6 Å². The molecule has 0 aliphatic heterocycles. The van der Waals surface area contributed by atoms with Gasteiger partial charge in [-0.15, -0.1) is 0 Å². The Hall–Kier alpha value is -3.08. The molecule has 0 radical (unpaired) electrons. The number of aliphatic hydroxyl groups is 2. The van der Waals surface area contributed by atoms with E-state index in [0.29, 0.717) is 24.0 Å². The zero-order chi connectivity index (χ0) is 25.2. The van der Waals surface area contributed by atoms with Crippen molar-refractivity contribution in [2.45, 2.75) is 46.8 Å². The van der Waals surface area contributed by atoms with Gasteiger partial charge in [-0.1, -0.05) is 13.8 Å². The van der Waals surface area contributed by atoms with E-state index in [0.717, 1.165) is 12.1 Å². The van der Waals surface area contributed by atoms with E-state index >= 15 is 0 Å². The summed E-state index contributed by atoms with van der Waals surface area (Å²) < 4.78 is 37.8. The fourth-order valence-corrected chi connectivity index (χ4v) is 2.50. The van der Waals surface area contributed by atoms with Crippen molar-refractivity contribution in [1.29, 1.82) is 0 Å². The van der Waals surface area contributed by atoms with Gasteiger partial charge in [0, 0.05) is 25.1 Å². The number of pyridine rings is 1. The number of hydrogen-bond donors (Lipinski definition) is 4. The number of aryl methyl sites for hydroxylation is 1. The molecule has 5 N–H and O–H groups in total. The molecular formula is C23H31F2N3O5. The number of amides is 1. The predicted molar refractivity (Wildman–Crippen MR) is 122 cm³/mol. The largest absolute Gasteiger partial charge is 0.448 e. The van der Waals surface area contributed by atoms with E-state index in [-0.39, 0.29) is 29.3 Å². The summed E-state index contributed by atoms with van der Waals surface area (Å²) in [4.78, 5) is 15.4. The molecule has 0 aliphatic rings. The van der Waals surface area contributed by atoms with E-state index in [9.17, 15) is 13.6 Å². The standard InChI is InChI=1S/C15H11F2N3O2.C6H14O3.C2H6/c1-7-4-10(17)11(5-9(7)16)20-13-8-6-19-3-2-12(8)22-14(13)15(18)21;1-6(2,8)9-5-3-4-7;1-2/h2-6,20H,1H3,(H2,18,21);7-8H,3-5H2,1-2H3;1-2H3. The van der Waals surface area contributed by atoms with Crippen molar-refractivity contribution in [2.24, 2.45) is 5.73 Å². The number of carbonyl (C=O) groups is 1. The molecule has 0 fully saturated rings. The minimum Gasteiger partial charge on any atom is -0.448 e. The topological polar surface area (TPSA) is 131 Å². The highest BCUT2D eigenvalue weighted by Gasteiger charge is 2.20. The number of halogens is 2. The third-order valence-electron chi connectivity index (χ3n) is 3.98. The van der Waals surface area contributed by atoms with E-state index in [1.54, 1.807) is 19.9 Å². The predicted octanol–water partition coefficient (Wildman–Crippen LogP) is 4.40. The summed E-state index contributed by atoms with van der Waals surface area (Å²) >= 11 is 0. The van der Waals surface area contributed by atoms with E-state index < -0.39 is 23.3 Å². The van der Waals surface area contributed by atoms with Gasteiger partial charge in [-0.25, -0.2) is 8.78 Å². The lowest BCUT2D eigenvalue weighted by Crippen LogP contribution is -2.23. The molecular weight excluding hydrogens is 436 g/mol. The highest BCUT2D eigenvalue weighted by molar-refractivity contribution is 6.06. The maximum atomic E-state index is 14.0. The molecule has 0 saturated heterocycles. The number of hydrogen-bond acceptors (Lipinski definition) is 7. The quantitative estimate of drug-likeness (QED) is 0.299. The Labute approximate surface area is 191 Å². The number of anilines is 2. The number of benzene rings is 1. The number of nitrogens with zero attached hydrogens (tertiary/aromatic N) is 1. The van der Waals surface area contributed by atoms with Crippen LogP contribution in [0.1, 0.15) is 50.2 Å². The molecule has 2 aromatic heterocycles. The SMILES string of the molecule is CC.CC(C)(O)OCCCO.Cc1cc(F)c(Nc2c(C(N)=O)oc3ccncc23)cc1F. The first-order valence-electron chi connectivity index (χ1n) is 10.4. The fourth-order valence-electron chi connectivity index (χ4n) is 2.50. The first kappa shape index (κ1) is 28.0. The van der Waals surface area contributed by atoms with E-state index in [1.165, 1.54) is 19.3 Å². The van der Waals surface area contributed by atoms with Gasteiger partial charge < -0.3 is 30.4 Å². The lowest BCUT2D eigenvalue weighted by molar-refractivity contribution is -0.177. The zero-order valence-electron chi connectivity index (χ0n) is 19.4. The molecule has 10 heteroatoms.